The van der Waals surface area contributed by atoms with Gasteiger partial charge in [-0.15, -0.1) is 0 Å². The summed E-state index contributed by atoms with van der Waals surface area (Å²) in [6.45, 7) is 3.31. The third-order valence-corrected chi connectivity index (χ3v) is 5.89. The van der Waals surface area contributed by atoms with Gasteiger partial charge in [-0.25, -0.2) is 23.7 Å². The van der Waals surface area contributed by atoms with Crippen LogP contribution in [0.3, 0.4) is 0 Å². The number of ether oxygens (including phenoxy) is 1. The molecular weight excluding hydrogens is 537 g/mol. The van der Waals surface area contributed by atoms with Crippen molar-refractivity contribution in [2.45, 2.75) is 20.0 Å². The number of alkyl halides is 3. The molecule has 14 heteroatoms. The average Bonchev–Trinajstić information content (AvgIpc) is 3.52. The third-order valence-electron chi connectivity index (χ3n) is 5.89. The van der Waals surface area contributed by atoms with Crippen molar-refractivity contribution in [2.24, 2.45) is 0 Å². The molecule has 0 fully saturated rings. The predicted octanol–water partition coefficient (Wildman–Crippen LogP) is 5.95. The maximum absolute atomic E-state index is 15.2. The number of aryl methyl sites for hydroxylation is 2. The number of hydrogen-bond donors (Lipinski definition) is 3. The van der Waals surface area contributed by atoms with Crippen LogP contribution in [0.4, 0.5) is 33.5 Å². The zero-order valence-electron chi connectivity index (χ0n) is 21.1. The lowest BCUT2D eigenvalue weighted by Gasteiger charge is -2.16. The Morgan fingerprint density at radius 2 is 1.82 bits per heavy atom. The van der Waals surface area contributed by atoms with Gasteiger partial charge >= 0.3 is 6.18 Å². The van der Waals surface area contributed by atoms with E-state index in [9.17, 15) is 22.4 Å². The Hall–Kier alpha value is -5.01. The van der Waals surface area contributed by atoms with Crippen molar-refractivity contribution < 1.29 is 31.5 Å². The van der Waals surface area contributed by atoms with E-state index in [2.05, 4.69) is 30.6 Å². The summed E-state index contributed by atoms with van der Waals surface area (Å²) in [7, 11) is 1.29. The number of halogens is 5. The fraction of sp³-hybridized carbons (Fsp3) is 0.154. The first-order valence-corrected chi connectivity index (χ1v) is 11.7. The Labute approximate surface area is 223 Å². The molecule has 0 saturated heterocycles. The first-order chi connectivity index (χ1) is 18.9. The van der Waals surface area contributed by atoms with Crippen LogP contribution in [-0.4, -0.2) is 37.5 Å². The number of nitrogens with zero attached hydrogens (tertiary/aromatic N) is 4. The van der Waals surface area contributed by atoms with Crippen LogP contribution >= 0.6 is 0 Å². The highest BCUT2D eigenvalue weighted by atomic mass is 19.4. The number of aromatic nitrogens is 5. The van der Waals surface area contributed by atoms with Crippen LogP contribution in [-0.2, 0) is 6.18 Å². The molecule has 5 aromatic rings. The van der Waals surface area contributed by atoms with Crippen LogP contribution in [0.15, 0.2) is 49.2 Å². The second-order valence-corrected chi connectivity index (χ2v) is 8.81. The second kappa shape index (κ2) is 9.94. The predicted molar refractivity (Wildman–Crippen MR) is 135 cm³/mol. The molecule has 9 nitrogen and oxygen atoms in total. The molecule has 206 valence electrons. The second-order valence-electron chi connectivity index (χ2n) is 8.81. The number of benzene rings is 2. The van der Waals surface area contributed by atoms with E-state index in [0.29, 0.717) is 11.4 Å². The van der Waals surface area contributed by atoms with E-state index in [1.807, 2.05) is 0 Å². The average molecular weight is 557 g/mol. The smallest absolute Gasteiger partial charge is 0.416 e. The summed E-state index contributed by atoms with van der Waals surface area (Å²) in [5.74, 6) is -3.77. The van der Waals surface area contributed by atoms with E-state index < -0.39 is 40.9 Å². The monoisotopic (exact) mass is 557 g/mol. The van der Waals surface area contributed by atoms with E-state index in [1.54, 1.807) is 20.0 Å². The lowest BCUT2D eigenvalue weighted by molar-refractivity contribution is -0.137. The number of nitrogens with one attached hydrogen (secondary N) is 3. The van der Waals surface area contributed by atoms with Crippen molar-refractivity contribution in [1.82, 2.24) is 29.8 Å². The number of aromatic amines is 1. The molecule has 2 aromatic carbocycles. The standard InChI is InChI=1S/C26H20F5N7O2/c1-12-4-17-21(28)19(8-18(27)22(17)36-12)40-25-20(24(39)32-3)23(33-10-34-25)37-15-5-14(26(29,30)31)6-16(7-15)38-9-13(2)35-11-38/h4-11,36H,1-3H3,(H,32,39)(H,33,34,37). The van der Waals surface area contributed by atoms with Gasteiger partial charge < -0.3 is 24.9 Å². The minimum Gasteiger partial charge on any atom is -0.435 e. The summed E-state index contributed by atoms with van der Waals surface area (Å²) in [5.41, 5.74) is -0.234. The molecule has 0 spiro atoms. The summed E-state index contributed by atoms with van der Waals surface area (Å²) in [5, 5.41) is 4.99. The number of carbonyl (C=O) groups excluding carboxylic acids is 1. The van der Waals surface area contributed by atoms with Crippen molar-refractivity contribution >= 4 is 28.3 Å². The van der Waals surface area contributed by atoms with Crippen LogP contribution in [0.1, 0.15) is 27.3 Å². The normalized spacial score (nSPS) is 11.6. The van der Waals surface area contributed by atoms with Gasteiger partial charge in [0, 0.05) is 41.8 Å². The molecule has 0 atom stereocenters. The Balaban J connectivity index is 1.59. The van der Waals surface area contributed by atoms with E-state index in [-0.39, 0.29) is 33.7 Å². The highest BCUT2D eigenvalue weighted by Gasteiger charge is 2.32. The molecule has 40 heavy (non-hydrogen) atoms. The zero-order valence-corrected chi connectivity index (χ0v) is 21.1. The Bertz CT molecular complexity index is 1760. The van der Waals surface area contributed by atoms with Crippen LogP contribution in [0, 0.1) is 25.5 Å². The van der Waals surface area contributed by atoms with E-state index in [1.165, 1.54) is 30.1 Å². The van der Waals surface area contributed by atoms with Gasteiger partial charge in [-0.1, -0.05) is 0 Å². The minimum absolute atomic E-state index is 0.0626. The number of amides is 1. The van der Waals surface area contributed by atoms with Gasteiger partial charge in [0.25, 0.3) is 5.91 Å². The molecule has 0 aliphatic carbocycles. The van der Waals surface area contributed by atoms with Crippen LogP contribution in [0.5, 0.6) is 11.6 Å². The van der Waals surface area contributed by atoms with E-state index in [0.717, 1.165) is 24.5 Å². The minimum atomic E-state index is -4.69. The lowest BCUT2D eigenvalue weighted by atomic mass is 10.1. The Morgan fingerprint density at radius 1 is 1.05 bits per heavy atom. The van der Waals surface area contributed by atoms with Gasteiger partial charge in [-0.2, -0.15) is 13.2 Å². The number of carbonyl (C=O) groups is 1. The fourth-order valence-corrected chi connectivity index (χ4v) is 4.08. The Morgan fingerprint density at radius 3 is 2.50 bits per heavy atom. The third kappa shape index (κ3) is 5.02. The van der Waals surface area contributed by atoms with Crippen molar-refractivity contribution in [3.8, 4) is 17.3 Å². The summed E-state index contributed by atoms with van der Waals surface area (Å²) in [6, 6.07) is 5.35. The number of anilines is 2. The molecule has 5 rings (SSSR count). The summed E-state index contributed by atoms with van der Waals surface area (Å²) in [6.07, 6.45) is -0.826. The fourth-order valence-electron chi connectivity index (χ4n) is 4.08. The summed E-state index contributed by atoms with van der Waals surface area (Å²) >= 11 is 0. The van der Waals surface area contributed by atoms with Crippen LogP contribution in [0.2, 0.25) is 0 Å². The molecule has 1 amide bonds. The summed E-state index contributed by atoms with van der Waals surface area (Å²) < 4.78 is 78.0. The molecule has 0 unspecified atom stereocenters. The Kier molecular flexibility index (Phi) is 6.61. The SMILES string of the molecule is CNC(=O)c1c(Nc2cc(-n3cnc(C)c3)cc(C(F)(F)F)c2)ncnc1Oc1cc(F)c2[nH]c(C)cc2c1F. The highest BCUT2D eigenvalue weighted by Crippen LogP contribution is 2.37. The van der Waals surface area contributed by atoms with Crippen molar-refractivity contribution in [3.63, 3.8) is 0 Å². The van der Waals surface area contributed by atoms with Crippen LogP contribution < -0.4 is 15.4 Å². The molecule has 3 heterocycles. The molecule has 0 saturated carbocycles. The van der Waals surface area contributed by atoms with Crippen molar-refractivity contribution in [3.05, 3.63) is 83.3 Å². The highest BCUT2D eigenvalue weighted by molar-refractivity contribution is 6.01. The number of fused-ring (bicyclic) bond motifs is 1. The number of rotatable bonds is 6. The van der Waals surface area contributed by atoms with Gasteiger partial charge in [0.05, 0.1) is 23.1 Å². The largest absolute Gasteiger partial charge is 0.435 e. The maximum Gasteiger partial charge on any atom is 0.416 e. The molecule has 3 aromatic heterocycles. The van der Waals surface area contributed by atoms with Crippen LogP contribution in [0.25, 0.3) is 16.6 Å². The molecule has 3 N–H and O–H groups in total. The number of imidazole rings is 1. The van der Waals surface area contributed by atoms with Gasteiger partial charge in [-0.3, -0.25) is 4.79 Å². The first-order valence-electron chi connectivity index (χ1n) is 11.7. The zero-order chi connectivity index (χ0) is 28.8. The van der Waals surface area contributed by atoms with E-state index >= 15 is 4.39 Å². The maximum atomic E-state index is 15.2. The van der Waals surface area contributed by atoms with Gasteiger partial charge in [0.1, 0.15) is 11.9 Å². The van der Waals surface area contributed by atoms with Crippen molar-refractivity contribution in [1.29, 1.82) is 0 Å². The molecule has 0 aliphatic rings. The quantitative estimate of drug-likeness (QED) is 0.223. The number of H-pyrrole nitrogens is 1. The molecule has 0 aliphatic heterocycles. The molecular formula is C26H20F5N7O2. The van der Waals surface area contributed by atoms with Gasteiger partial charge in [-0.05, 0) is 38.1 Å². The van der Waals surface area contributed by atoms with E-state index in [4.69, 9.17) is 4.74 Å². The topological polar surface area (TPSA) is 110 Å². The summed E-state index contributed by atoms with van der Waals surface area (Å²) in [4.78, 5) is 27.5. The molecule has 0 radical (unpaired) electrons. The van der Waals surface area contributed by atoms with Gasteiger partial charge in [0.15, 0.2) is 23.2 Å². The lowest BCUT2D eigenvalue weighted by Crippen LogP contribution is -2.21. The first kappa shape index (κ1) is 26.6. The van der Waals surface area contributed by atoms with Crippen molar-refractivity contribution in [2.75, 3.05) is 12.4 Å². The molecule has 0 bridgehead atoms. The number of hydrogen-bond acceptors (Lipinski definition) is 6. The van der Waals surface area contributed by atoms with Gasteiger partial charge in [0.2, 0.25) is 5.88 Å².